The first-order valence-corrected chi connectivity index (χ1v) is 7.82. The predicted molar refractivity (Wildman–Crippen MR) is 76.6 cm³/mol. The molecule has 0 saturated carbocycles. The van der Waals surface area contributed by atoms with Crippen LogP contribution < -0.4 is 4.31 Å². The van der Waals surface area contributed by atoms with Crippen LogP contribution in [0.4, 0.5) is 5.69 Å². The summed E-state index contributed by atoms with van der Waals surface area (Å²) in [4.78, 5) is 11.5. The Kier molecular flexibility index (Phi) is 3.02. The fourth-order valence-electron chi connectivity index (χ4n) is 2.59. The maximum absolute atomic E-state index is 12.8. The lowest BCUT2D eigenvalue weighted by Gasteiger charge is -2.23. The summed E-state index contributed by atoms with van der Waals surface area (Å²) in [5.74, 6) is -1.15. The van der Waals surface area contributed by atoms with Gasteiger partial charge in [-0.2, -0.15) is 0 Å². The number of para-hydroxylation sites is 1. The molecule has 2 heterocycles. The van der Waals surface area contributed by atoms with Gasteiger partial charge in [0.05, 0.1) is 5.69 Å². The number of aromatic nitrogens is 1. The number of hydrogen-bond donors (Lipinski definition) is 1. The number of fused-ring (bicyclic) bond motifs is 1. The van der Waals surface area contributed by atoms with Crippen LogP contribution in [0.25, 0.3) is 0 Å². The van der Waals surface area contributed by atoms with E-state index in [0.717, 1.165) is 9.87 Å². The summed E-state index contributed by atoms with van der Waals surface area (Å²) in [5.41, 5.74) is 1.16. The van der Waals surface area contributed by atoms with Crippen molar-refractivity contribution in [3.63, 3.8) is 0 Å². The van der Waals surface area contributed by atoms with Gasteiger partial charge < -0.3 is 9.67 Å². The Hall–Kier alpha value is -2.28. The molecule has 1 atom stereocenters. The molecule has 1 aromatic carbocycles. The molecular formula is C14H14N2O4S. The molecule has 1 aliphatic heterocycles. The minimum atomic E-state index is -3.89. The molecule has 0 saturated heterocycles. The fraction of sp³-hybridized carbons (Fsp3) is 0.214. The monoisotopic (exact) mass is 306 g/mol. The van der Waals surface area contributed by atoms with Crippen molar-refractivity contribution in [1.29, 1.82) is 0 Å². The zero-order valence-corrected chi connectivity index (χ0v) is 12.1. The summed E-state index contributed by atoms with van der Waals surface area (Å²) in [5, 5.41) is 9.36. The maximum atomic E-state index is 12.8. The van der Waals surface area contributed by atoms with Crippen molar-refractivity contribution in [2.45, 2.75) is 17.4 Å². The highest BCUT2D eigenvalue weighted by molar-refractivity contribution is 7.93. The molecule has 0 spiro atoms. The van der Waals surface area contributed by atoms with Gasteiger partial charge in [-0.25, -0.2) is 13.2 Å². The minimum absolute atomic E-state index is 0.0907. The molecule has 3 rings (SSSR count). The van der Waals surface area contributed by atoms with Gasteiger partial charge in [-0.05, 0) is 17.7 Å². The second-order valence-electron chi connectivity index (χ2n) is 5.00. The van der Waals surface area contributed by atoms with Gasteiger partial charge in [0, 0.05) is 25.9 Å². The molecule has 0 amide bonds. The van der Waals surface area contributed by atoms with Crippen molar-refractivity contribution in [3.8, 4) is 0 Å². The lowest BCUT2D eigenvalue weighted by Crippen LogP contribution is -2.42. The van der Waals surface area contributed by atoms with Gasteiger partial charge in [-0.3, -0.25) is 4.31 Å². The highest BCUT2D eigenvalue weighted by Crippen LogP contribution is 2.36. The number of sulfonamides is 1. The van der Waals surface area contributed by atoms with E-state index in [4.69, 9.17) is 0 Å². The number of nitrogens with zero attached hydrogens (tertiary/aromatic N) is 2. The predicted octanol–water partition coefficient (Wildman–Crippen LogP) is 1.23. The summed E-state index contributed by atoms with van der Waals surface area (Å²) in [7, 11) is -2.18. The largest absolute Gasteiger partial charge is 0.480 e. The third kappa shape index (κ3) is 2.09. The Balaban J connectivity index is 2.16. The van der Waals surface area contributed by atoms with E-state index in [1.165, 1.54) is 12.3 Å². The quantitative estimate of drug-likeness (QED) is 0.925. The second kappa shape index (κ2) is 4.63. The van der Waals surface area contributed by atoms with Crippen LogP contribution in [0.15, 0.2) is 47.6 Å². The normalized spacial score (nSPS) is 17.8. The number of carbonyl (C=O) groups is 1. The Morgan fingerprint density at radius 2 is 2.00 bits per heavy atom. The zero-order valence-electron chi connectivity index (χ0n) is 11.3. The Labute approximate surface area is 122 Å². The number of rotatable bonds is 3. The van der Waals surface area contributed by atoms with Crippen molar-refractivity contribution in [1.82, 2.24) is 4.57 Å². The Morgan fingerprint density at radius 1 is 1.29 bits per heavy atom. The van der Waals surface area contributed by atoms with E-state index >= 15 is 0 Å². The highest BCUT2D eigenvalue weighted by atomic mass is 32.2. The third-order valence-electron chi connectivity index (χ3n) is 3.57. The molecule has 6 nitrogen and oxygen atoms in total. The van der Waals surface area contributed by atoms with Crippen molar-refractivity contribution < 1.29 is 18.3 Å². The molecule has 0 aliphatic carbocycles. The van der Waals surface area contributed by atoms with Crippen LogP contribution in [0.3, 0.4) is 0 Å². The first-order chi connectivity index (χ1) is 9.91. The summed E-state index contributed by atoms with van der Waals surface area (Å²) >= 11 is 0. The van der Waals surface area contributed by atoms with Crippen LogP contribution in [-0.4, -0.2) is 30.1 Å². The van der Waals surface area contributed by atoms with E-state index in [9.17, 15) is 18.3 Å². The van der Waals surface area contributed by atoms with Gasteiger partial charge in [-0.1, -0.05) is 18.2 Å². The first kappa shape index (κ1) is 13.7. The molecule has 21 heavy (non-hydrogen) atoms. The molecule has 0 radical (unpaired) electrons. The van der Waals surface area contributed by atoms with Crippen molar-refractivity contribution in [2.75, 3.05) is 4.31 Å². The van der Waals surface area contributed by atoms with E-state index in [2.05, 4.69) is 0 Å². The van der Waals surface area contributed by atoms with E-state index in [1.54, 1.807) is 42.1 Å². The average Bonchev–Trinajstić information content (AvgIpc) is 3.02. The zero-order chi connectivity index (χ0) is 15.2. The molecule has 2 aromatic rings. The van der Waals surface area contributed by atoms with E-state index in [1.807, 2.05) is 0 Å². The molecule has 1 N–H and O–H groups in total. The Morgan fingerprint density at radius 3 is 2.62 bits per heavy atom. The summed E-state index contributed by atoms with van der Waals surface area (Å²) in [6.07, 6.45) is 3.26. The number of carboxylic acid groups (broad SMARTS) is 1. The SMILES string of the molecule is Cn1ccc(S(=O)(=O)N2c3ccccc3CC2C(=O)O)c1. The molecule has 1 aliphatic rings. The van der Waals surface area contributed by atoms with Crippen LogP contribution in [0.1, 0.15) is 5.56 Å². The van der Waals surface area contributed by atoms with Crippen LogP contribution in [0, 0.1) is 0 Å². The van der Waals surface area contributed by atoms with Crippen molar-refractivity contribution in [2.24, 2.45) is 7.05 Å². The fourth-order valence-corrected chi connectivity index (χ4v) is 4.28. The smallest absolute Gasteiger partial charge is 0.327 e. The van der Waals surface area contributed by atoms with Crippen LogP contribution in [0.2, 0.25) is 0 Å². The molecule has 7 heteroatoms. The third-order valence-corrected chi connectivity index (χ3v) is 5.38. The number of anilines is 1. The summed E-state index contributed by atoms with van der Waals surface area (Å²) < 4.78 is 28.2. The summed E-state index contributed by atoms with van der Waals surface area (Å²) in [6.45, 7) is 0. The van der Waals surface area contributed by atoms with Crippen LogP contribution in [-0.2, 0) is 28.3 Å². The maximum Gasteiger partial charge on any atom is 0.327 e. The average molecular weight is 306 g/mol. The van der Waals surface area contributed by atoms with E-state index in [0.29, 0.717) is 5.69 Å². The number of aryl methyl sites for hydroxylation is 1. The van der Waals surface area contributed by atoms with Gasteiger partial charge in [-0.15, -0.1) is 0 Å². The van der Waals surface area contributed by atoms with E-state index < -0.39 is 22.0 Å². The highest BCUT2D eigenvalue weighted by Gasteiger charge is 2.42. The van der Waals surface area contributed by atoms with Crippen molar-refractivity contribution >= 4 is 21.7 Å². The van der Waals surface area contributed by atoms with Crippen LogP contribution >= 0.6 is 0 Å². The number of aliphatic carboxylic acids is 1. The molecule has 110 valence electrons. The first-order valence-electron chi connectivity index (χ1n) is 6.38. The number of benzene rings is 1. The molecular weight excluding hydrogens is 292 g/mol. The molecule has 1 unspecified atom stereocenters. The van der Waals surface area contributed by atoms with E-state index in [-0.39, 0.29) is 11.3 Å². The van der Waals surface area contributed by atoms with Gasteiger partial charge >= 0.3 is 5.97 Å². The van der Waals surface area contributed by atoms with Crippen LogP contribution in [0.5, 0.6) is 0 Å². The van der Waals surface area contributed by atoms with Crippen molar-refractivity contribution in [3.05, 3.63) is 48.3 Å². The molecule has 1 aromatic heterocycles. The van der Waals surface area contributed by atoms with Gasteiger partial charge in [0.15, 0.2) is 0 Å². The standard InChI is InChI=1S/C14H14N2O4S/c1-15-7-6-11(9-15)21(19,20)16-12-5-3-2-4-10(12)8-13(16)14(17)18/h2-7,9,13H,8H2,1H3,(H,17,18). The Bertz CT molecular complexity index is 810. The number of carboxylic acids is 1. The minimum Gasteiger partial charge on any atom is -0.480 e. The van der Waals surface area contributed by atoms with Gasteiger partial charge in [0.1, 0.15) is 10.9 Å². The topological polar surface area (TPSA) is 79.6 Å². The van der Waals surface area contributed by atoms with Gasteiger partial charge in [0.25, 0.3) is 10.0 Å². The molecule has 0 fully saturated rings. The second-order valence-corrected chi connectivity index (χ2v) is 6.82. The summed E-state index contributed by atoms with van der Waals surface area (Å²) in [6, 6.07) is 7.24. The number of hydrogen-bond acceptors (Lipinski definition) is 3. The lowest BCUT2D eigenvalue weighted by atomic mass is 10.1. The van der Waals surface area contributed by atoms with Gasteiger partial charge in [0.2, 0.25) is 0 Å². The lowest BCUT2D eigenvalue weighted by molar-refractivity contribution is -0.138. The molecule has 0 bridgehead atoms.